The summed E-state index contributed by atoms with van der Waals surface area (Å²) in [6, 6.07) is 38.0. The van der Waals surface area contributed by atoms with Crippen molar-refractivity contribution in [1.82, 2.24) is 0 Å². The van der Waals surface area contributed by atoms with Crippen molar-refractivity contribution < 1.29 is 13.2 Å². The van der Waals surface area contributed by atoms with Gasteiger partial charge < -0.3 is 10.6 Å². The molecule has 0 spiro atoms. The van der Waals surface area contributed by atoms with Crippen LogP contribution in [-0.2, 0) is 19.3 Å². The number of nitrogens with one attached hydrogen (secondary N) is 2. The maximum atomic E-state index is 13.7. The highest BCUT2D eigenvalue weighted by atomic mass is 19.4. The lowest BCUT2D eigenvalue weighted by atomic mass is 9.99. The van der Waals surface area contributed by atoms with Crippen molar-refractivity contribution in [3.05, 3.63) is 143 Å². The lowest BCUT2D eigenvalue weighted by Crippen LogP contribution is -2.09. The van der Waals surface area contributed by atoms with E-state index in [0.717, 1.165) is 45.5 Å². The Morgan fingerprint density at radius 2 is 0.952 bits per heavy atom. The first-order valence-corrected chi connectivity index (χ1v) is 13.2. The molecule has 0 unspecified atom stereocenters. The number of anilines is 2. The van der Waals surface area contributed by atoms with Crippen LogP contribution in [0.5, 0.6) is 0 Å². The number of rotatable bonds is 8. The Kier molecular flexibility index (Phi) is 8.22. The molecule has 0 aromatic heterocycles. The number of halogens is 3. The van der Waals surface area contributed by atoms with Gasteiger partial charge in [-0.2, -0.15) is 23.7 Å². The summed E-state index contributed by atoms with van der Waals surface area (Å²) in [7, 11) is 0. The fraction of sp³-hybridized carbons (Fsp3) is 0.0857. The maximum Gasteiger partial charge on any atom is 0.416 e. The van der Waals surface area contributed by atoms with E-state index in [2.05, 4.69) is 22.8 Å². The Labute approximate surface area is 242 Å². The Bertz CT molecular complexity index is 1660. The van der Waals surface area contributed by atoms with Gasteiger partial charge >= 0.3 is 6.18 Å². The number of benzene rings is 5. The largest absolute Gasteiger partial charge is 0.416 e. The van der Waals surface area contributed by atoms with Crippen LogP contribution in [0.25, 0.3) is 22.3 Å². The summed E-state index contributed by atoms with van der Waals surface area (Å²) in [6.45, 7) is 0.652. The second kappa shape index (κ2) is 12.3. The van der Waals surface area contributed by atoms with Gasteiger partial charge in [-0.05, 0) is 63.7 Å². The maximum absolute atomic E-state index is 13.7. The lowest BCUT2D eigenvalue weighted by molar-refractivity contribution is -0.137. The van der Waals surface area contributed by atoms with Crippen LogP contribution < -0.4 is 10.6 Å². The molecule has 0 heterocycles. The summed E-state index contributed by atoms with van der Waals surface area (Å²) in [5.74, 6) is 0. The molecule has 0 radical (unpaired) electrons. The summed E-state index contributed by atoms with van der Waals surface area (Å²) in [5.41, 5.74) is 6.31. The van der Waals surface area contributed by atoms with Crippen LogP contribution in [0.4, 0.5) is 24.5 Å². The average molecular weight is 559 g/mol. The molecule has 42 heavy (non-hydrogen) atoms. The molecule has 7 heteroatoms. The Morgan fingerprint density at radius 3 is 1.33 bits per heavy atom. The molecule has 5 aromatic carbocycles. The normalized spacial score (nSPS) is 10.9. The zero-order chi connectivity index (χ0) is 29.5. The first-order valence-electron chi connectivity index (χ1n) is 13.2. The van der Waals surface area contributed by atoms with Gasteiger partial charge in [-0.1, -0.05) is 84.9 Å². The molecule has 5 aromatic rings. The molecule has 0 aliphatic rings. The molecule has 0 atom stereocenters. The molecule has 0 aliphatic carbocycles. The van der Waals surface area contributed by atoms with Gasteiger partial charge in [-0.15, -0.1) is 0 Å². The van der Waals surface area contributed by atoms with E-state index in [-0.39, 0.29) is 0 Å². The van der Waals surface area contributed by atoms with Crippen molar-refractivity contribution in [2.45, 2.75) is 19.3 Å². The van der Waals surface area contributed by atoms with E-state index in [1.807, 2.05) is 84.9 Å². The van der Waals surface area contributed by atoms with E-state index in [1.54, 1.807) is 18.2 Å². The van der Waals surface area contributed by atoms with Crippen LogP contribution in [0, 0.1) is 22.7 Å². The predicted octanol–water partition coefficient (Wildman–Crippen LogP) is 9.01. The van der Waals surface area contributed by atoms with Gasteiger partial charge in [-0.3, -0.25) is 0 Å². The van der Waals surface area contributed by atoms with Crippen molar-refractivity contribution in [2.24, 2.45) is 0 Å². The lowest BCUT2D eigenvalue weighted by Gasteiger charge is -2.15. The van der Waals surface area contributed by atoms with Gasteiger partial charge in [0.05, 0.1) is 28.8 Å². The first-order chi connectivity index (χ1) is 20.3. The molecule has 0 saturated heterocycles. The number of hydrogen-bond donors (Lipinski definition) is 2. The number of nitriles is 2. The summed E-state index contributed by atoms with van der Waals surface area (Å²) in [6.07, 6.45) is -4.50. The predicted molar refractivity (Wildman–Crippen MR) is 159 cm³/mol. The second-order valence-corrected chi connectivity index (χ2v) is 9.71. The smallest absolute Gasteiger partial charge is 0.381 e. The third kappa shape index (κ3) is 6.60. The molecule has 0 saturated carbocycles. The van der Waals surface area contributed by atoms with E-state index in [4.69, 9.17) is 0 Å². The summed E-state index contributed by atoms with van der Waals surface area (Å²) in [5, 5.41) is 25.0. The standard InChI is InChI=1S/C35H25F3N4/c36-35(37,38)30-17-31(41-22-24-9-13-26(14-10-24)33-7-3-1-5-28(33)20-39)19-32(18-30)42-23-25-11-15-27(16-12-25)34-8-4-2-6-29(34)21-40/h1-19,41-42H,22-23H2. The molecular weight excluding hydrogens is 533 g/mol. The highest BCUT2D eigenvalue weighted by molar-refractivity contribution is 5.71. The highest BCUT2D eigenvalue weighted by Gasteiger charge is 2.31. The van der Waals surface area contributed by atoms with Crippen LogP contribution in [0.15, 0.2) is 115 Å². The van der Waals surface area contributed by atoms with E-state index >= 15 is 0 Å². The second-order valence-electron chi connectivity index (χ2n) is 9.71. The van der Waals surface area contributed by atoms with E-state index in [0.29, 0.717) is 35.6 Å². The minimum Gasteiger partial charge on any atom is -0.381 e. The van der Waals surface area contributed by atoms with Gasteiger partial charge in [0.1, 0.15) is 0 Å². The van der Waals surface area contributed by atoms with Crippen molar-refractivity contribution in [2.75, 3.05) is 10.6 Å². The van der Waals surface area contributed by atoms with Crippen LogP contribution >= 0.6 is 0 Å². The van der Waals surface area contributed by atoms with Gasteiger partial charge in [0, 0.05) is 24.5 Å². The van der Waals surface area contributed by atoms with E-state index in [9.17, 15) is 23.7 Å². The van der Waals surface area contributed by atoms with Crippen molar-refractivity contribution in [1.29, 1.82) is 10.5 Å². The van der Waals surface area contributed by atoms with Gasteiger partial charge in [0.2, 0.25) is 0 Å². The average Bonchev–Trinajstić information content (AvgIpc) is 3.03. The van der Waals surface area contributed by atoms with Gasteiger partial charge in [0.15, 0.2) is 0 Å². The first kappa shape index (κ1) is 28.0. The van der Waals surface area contributed by atoms with Crippen molar-refractivity contribution >= 4 is 11.4 Å². The summed E-state index contributed by atoms with van der Waals surface area (Å²) in [4.78, 5) is 0. The number of nitrogens with zero attached hydrogens (tertiary/aromatic N) is 2. The third-order valence-electron chi connectivity index (χ3n) is 6.88. The summed E-state index contributed by atoms with van der Waals surface area (Å²) >= 11 is 0. The topological polar surface area (TPSA) is 71.6 Å². The Hall–Kier alpha value is -5.53. The fourth-order valence-electron chi connectivity index (χ4n) is 4.67. The molecule has 5 rings (SSSR count). The Morgan fingerprint density at radius 1 is 0.548 bits per heavy atom. The molecular formula is C35H25F3N4. The molecule has 0 amide bonds. The van der Waals surface area contributed by atoms with Crippen molar-refractivity contribution in [3.63, 3.8) is 0 Å². The minimum absolute atomic E-state index is 0.326. The number of alkyl halides is 3. The Balaban J connectivity index is 1.28. The van der Waals surface area contributed by atoms with Crippen LogP contribution in [0.3, 0.4) is 0 Å². The minimum atomic E-state index is -4.50. The zero-order valence-electron chi connectivity index (χ0n) is 22.4. The monoisotopic (exact) mass is 558 g/mol. The quantitative estimate of drug-likeness (QED) is 0.199. The molecule has 4 nitrogen and oxygen atoms in total. The SMILES string of the molecule is N#Cc1ccccc1-c1ccc(CNc2cc(NCc3ccc(-c4ccccc4C#N)cc3)cc(C(F)(F)F)c2)cc1. The molecule has 0 bridgehead atoms. The van der Waals surface area contributed by atoms with Crippen molar-refractivity contribution in [3.8, 4) is 34.4 Å². The summed E-state index contributed by atoms with van der Waals surface area (Å²) < 4.78 is 41.1. The van der Waals surface area contributed by atoms with Gasteiger partial charge in [0.25, 0.3) is 0 Å². The number of hydrogen-bond acceptors (Lipinski definition) is 4. The molecule has 0 fully saturated rings. The fourth-order valence-corrected chi connectivity index (χ4v) is 4.67. The molecule has 2 N–H and O–H groups in total. The van der Waals surface area contributed by atoms with E-state index < -0.39 is 11.7 Å². The highest BCUT2D eigenvalue weighted by Crippen LogP contribution is 2.34. The molecule has 206 valence electrons. The third-order valence-corrected chi connectivity index (χ3v) is 6.88. The van der Waals surface area contributed by atoms with Gasteiger partial charge in [-0.25, -0.2) is 0 Å². The van der Waals surface area contributed by atoms with Crippen LogP contribution in [0.2, 0.25) is 0 Å². The molecule has 0 aliphatic heterocycles. The van der Waals surface area contributed by atoms with Crippen LogP contribution in [-0.4, -0.2) is 0 Å². The van der Waals surface area contributed by atoms with E-state index in [1.165, 1.54) is 0 Å². The van der Waals surface area contributed by atoms with Crippen LogP contribution in [0.1, 0.15) is 27.8 Å². The zero-order valence-corrected chi connectivity index (χ0v) is 22.4.